The molecule has 8 nitrogen and oxygen atoms in total. The summed E-state index contributed by atoms with van der Waals surface area (Å²) in [6.07, 6.45) is 1.41. The van der Waals surface area contributed by atoms with Gasteiger partial charge >= 0.3 is 0 Å². The van der Waals surface area contributed by atoms with Crippen molar-refractivity contribution in [2.45, 2.75) is 19.8 Å². The van der Waals surface area contributed by atoms with Crippen LogP contribution in [0.1, 0.15) is 31.4 Å². The van der Waals surface area contributed by atoms with Crippen molar-refractivity contribution in [1.29, 1.82) is 5.26 Å². The molecular weight excluding hydrogens is 244 g/mol. The van der Waals surface area contributed by atoms with E-state index >= 15 is 0 Å². The molecule has 0 aliphatic carbocycles. The molecule has 0 unspecified atom stereocenters. The number of hydrogen-bond donors (Lipinski definition) is 0. The minimum atomic E-state index is 0.0814. The van der Waals surface area contributed by atoms with Crippen molar-refractivity contribution in [3.05, 3.63) is 18.0 Å². The summed E-state index contributed by atoms with van der Waals surface area (Å²) in [4.78, 5) is 18.6. The van der Waals surface area contributed by atoms with Crippen molar-refractivity contribution >= 4 is 5.95 Å². The van der Waals surface area contributed by atoms with Crippen LogP contribution in [0.15, 0.2) is 6.33 Å². The van der Waals surface area contributed by atoms with Crippen LogP contribution in [0, 0.1) is 11.3 Å². The molecule has 19 heavy (non-hydrogen) atoms. The van der Waals surface area contributed by atoms with E-state index in [0.717, 1.165) is 0 Å². The summed E-state index contributed by atoms with van der Waals surface area (Å²) < 4.78 is 1.37. The van der Waals surface area contributed by atoms with Gasteiger partial charge in [-0.1, -0.05) is 13.8 Å². The lowest BCUT2D eigenvalue weighted by atomic mass is 10.2. The van der Waals surface area contributed by atoms with E-state index in [0.29, 0.717) is 17.7 Å². The second-order valence-corrected chi connectivity index (χ2v) is 4.47. The fraction of sp³-hybridized carbons (Fsp3) is 0.455. The Morgan fingerprint density at radius 2 is 2.00 bits per heavy atom. The molecule has 0 spiro atoms. The Balaban J connectivity index is 2.53. The summed E-state index contributed by atoms with van der Waals surface area (Å²) in [6, 6.07) is 1.87. The van der Waals surface area contributed by atoms with Crippen LogP contribution >= 0.6 is 0 Å². The van der Waals surface area contributed by atoms with Gasteiger partial charge in [0.1, 0.15) is 18.2 Å². The highest BCUT2D eigenvalue weighted by Crippen LogP contribution is 2.14. The van der Waals surface area contributed by atoms with Crippen molar-refractivity contribution in [1.82, 2.24) is 29.7 Å². The third-order valence-electron chi connectivity index (χ3n) is 2.34. The maximum absolute atomic E-state index is 8.73. The minimum absolute atomic E-state index is 0.0814. The number of nitriles is 1. The largest absolute Gasteiger partial charge is 0.347 e. The lowest BCUT2D eigenvalue weighted by Crippen LogP contribution is -2.17. The number of hydrogen-bond acceptors (Lipinski definition) is 7. The smallest absolute Gasteiger partial charge is 0.257 e. The van der Waals surface area contributed by atoms with Crippen LogP contribution in [0.5, 0.6) is 0 Å². The van der Waals surface area contributed by atoms with Gasteiger partial charge in [-0.15, -0.1) is 5.10 Å². The SMILES string of the molecule is CC(C)c1nc(N(C)C)nc(-n2cnc(C#N)n2)n1. The zero-order valence-electron chi connectivity index (χ0n) is 11.2. The minimum Gasteiger partial charge on any atom is -0.347 e. The van der Waals surface area contributed by atoms with Crippen LogP contribution in [0.25, 0.3) is 5.95 Å². The average molecular weight is 258 g/mol. The van der Waals surface area contributed by atoms with E-state index in [1.165, 1.54) is 11.0 Å². The molecule has 8 heteroatoms. The van der Waals surface area contributed by atoms with Gasteiger partial charge in [-0.2, -0.15) is 24.9 Å². The molecule has 0 aromatic carbocycles. The summed E-state index contributed by atoms with van der Waals surface area (Å²) in [5.41, 5.74) is 0. The molecule has 2 aromatic heterocycles. The van der Waals surface area contributed by atoms with Crippen LogP contribution in [0.4, 0.5) is 5.95 Å². The number of aromatic nitrogens is 6. The second-order valence-electron chi connectivity index (χ2n) is 4.47. The standard InChI is InChI=1S/C11H14N8/c1-7(2)9-14-10(18(3)4)16-11(15-9)19-6-13-8(5-12)17-19/h6-7H,1-4H3. The van der Waals surface area contributed by atoms with Gasteiger partial charge in [-0.05, 0) is 0 Å². The van der Waals surface area contributed by atoms with Gasteiger partial charge in [0, 0.05) is 20.0 Å². The molecule has 0 saturated heterocycles. The number of anilines is 1. The summed E-state index contributed by atoms with van der Waals surface area (Å²) in [5.74, 6) is 1.82. The third kappa shape index (κ3) is 2.65. The molecular formula is C11H14N8. The number of rotatable bonds is 3. The fourth-order valence-corrected chi connectivity index (χ4v) is 1.34. The maximum Gasteiger partial charge on any atom is 0.257 e. The van der Waals surface area contributed by atoms with Crippen LogP contribution in [0.2, 0.25) is 0 Å². The lowest BCUT2D eigenvalue weighted by Gasteiger charge is -2.13. The van der Waals surface area contributed by atoms with Crippen LogP contribution in [-0.4, -0.2) is 43.8 Å². The number of nitrogens with zero attached hydrogens (tertiary/aromatic N) is 8. The topological polar surface area (TPSA) is 96.4 Å². The normalized spacial score (nSPS) is 10.5. The molecule has 0 aliphatic heterocycles. The van der Waals surface area contributed by atoms with Gasteiger partial charge in [-0.3, -0.25) is 0 Å². The van der Waals surface area contributed by atoms with Crippen molar-refractivity contribution < 1.29 is 0 Å². The van der Waals surface area contributed by atoms with Crippen molar-refractivity contribution in [3.8, 4) is 12.0 Å². The second kappa shape index (κ2) is 4.97. The first kappa shape index (κ1) is 12.9. The first-order valence-corrected chi connectivity index (χ1v) is 5.76. The molecule has 0 aliphatic rings. The van der Waals surface area contributed by atoms with Crippen LogP contribution in [-0.2, 0) is 0 Å². The Hall–Kier alpha value is -2.56. The predicted octanol–water partition coefficient (Wildman–Crippen LogP) is 0.513. The first-order chi connectivity index (χ1) is 9.01. The molecule has 0 atom stereocenters. The van der Waals surface area contributed by atoms with E-state index in [-0.39, 0.29) is 11.7 Å². The van der Waals surface area contributed by atoms with Crippen molar-refractivity contribution in [2.75, 3.05) is 19.0 Å². The molecule has 0 amide bonds. The van der Waals surface area contributed by atoms with Gasteiger partial charge in [-0.25, -0.2) is 4.98 Å². The summed E-state index contributed by atoms with van der Waals surface area (Å²) >= 11 is 0. The van der Waals surface area contributed by atoms with Crippen molar-refractivity contribution in [2.24, 2.45) is 0 Å². The van der Waals surface area contributed by atoms with Crippen LogP contribution in [0.3, 0.4) is 0 Å². The van der Waals surface area contributed by atoms with Gasteiger partial charge in [0.25, 0.3) is 11.8 Å². The highest BCUT2D eigenvalue weighted by atomic mass is 15.4. The lowest BCUT2D eigenvalue weighted by molar-refractivity contribution is 0.711. The molecule has 0 N–H and O–H groups in total. The van der Waals surface area contributed by atoms with E-state index in [1.54, 1.807) is 4.90 Å². The quantitative estimate of drug-likeness (QED) is 0.791. The fourth-order valence-electron chi connectivity index (χ4n) is 1.34. The van der Waals surface area contributed by atoms with Gasteiger partial charge < -0.3 is 4.90 Å². The molecule has 0 fully saturated rings. The summed E-state index contributed by atoms with van der Waals surface area (Å²) in [6.45, 7) is 4.00. The van der Waals surface area contributed by atoms with E-state index in [2.05, 4.69) is 25.0 Å². The highest BCUT2D eigenvalue weighted by molar-refractivity contribution is 5.30. The van der Waals surface area contributed by atoms with E-state index in [1.807, 2.05) is 34.0 Å². The van der Waals surface area contributed by atoms with Crippen LogP contribution < -0.4 is 4.90 Å². The summed E-state index contributed by atoms with van der Waals surface area (Å²) in [7, 11) is 3.70. The Bertz CT molecular complexity index is 596. The monoisotopic (exact) mass is 258 g/mol. The third-order valence-corrected chi connectivity index (χ3v) is 2.34. The molecule has 98 valence electrons. The van der Waals surface area contributed by atoms with E-state index < -0.39 is 0 Å². The zero-order chi connectivity index (χ0) is 14.0. The van der Waals surface area contributed by atoms with Gasteiger partial charge in [0.15, 0.2) is 0 Å². The molecule has 2 rings (SSSR count). The molecule has 0 radical (unpaired) electrons. The predicted molar refractivity (Wildman–Crippen MR) is 67.9 cm³/mol. The summed E-state index contributed by atoms with van der Waals surface area (Å²) in [5, 5.41) is 12.7. The van der Waals surface area contributed by atoms with Gasteiger partial charge in [0.2, 0.25) is 5.95 Å². The molecule has 2 heterocycles. The zero-order valence-corrected chi connectivity index (χ0v) is 11.2. The first-order valence-electron chi connectivity index (χ1n) is 5.76. The van der Waals surface area contributed by atoms with E-state index in [9.17, 15) is 0 Å². The van der Waals surface area contributed by atoms with Gasteiger partial charge in [0.05, 0.1) is 0 Å². The maximum atomic E-state index is 8.73. The Kier molecular flexibility index (Phi) is 3.37. The van der Waals surface area contributed by atoms with Crippen molar-refractivity contribution in [3.63, 3.8) is 0 Å². The Morgan fingerprint density at radius 3 is 2.53 bits per heavy atom. The molecule has 0 saturated carbocycles. The Morgan fingerprint density at radius 1 is 1.26 bits per heavy atom. The highest BCUT2D eigenvalue weighted by Gasteiger charge is 2.13. The Labute approximate surface area is 110 Å². The van der Waals surface area contributed by atoms with E-state index in [4.69, 9.17) is 5.26 Å². The molecule has 0 bridgehead atoms. The molecule has 2 aromatic rings. The average Bonchev–Trinajstić information content (AvgIpc) is 2.86.